The number of rotatable bonds is 1. The average molecular weight is 289 g/mol. The normalized spacial score (nSPS) is 28.3. The smallest absolute Gasteiger partial charge is 0.411 e. The van der Waals surface area contributed by atoms with Gasteiger partial charge in [-0.05, 0) is 33.0 Å². The molecule has 1 amide bonds. The highest BCUT2D eigenvalue weighted by atomic mass is 16.6. The van der Waals surface area contributed by atoms with E-state index in [4.69, 9.17) is 4.74 Å². The predicted molar refractivity (Wildman–Crippen MR) is 81.3 cm³/mol. The first-order valence-corrected chi connectivity index (χ1v) is 7.48. The summed E-state index contributed by atoms with van der Waals surface area (Å²) in [6, 6.07) is 0.309. The number of nitrogens with one attached hydrogen (secondary N) is 1. The second-order valence-corrected chi connectivity index (χ2v) is 6.72. The van der Waals surface area contributed by atoms with E-state index in [1.807, 2.05) is 27.0 Å². The maximum absolute atomic E-state index is 12.1. The van der Waals surface area contributed by atoms with Gasteiger partial charge in [0.2, 0.25) is 0 Å². The van der Waals surface area contributed by atoms with Crippen molar-refractivity contribution in [3.8, 4) is 0 Å². The van der Waals surface area contributed by atoms with Crippen molar-refractivity contribution in [1.29, 1.82) is 0 Å². The van der Waals surface area contributed by atoms with Gasteiger partial charge in [-0.2, -0.15) is 0 Å². The SMILES string of the molecule is CC(C)(C)OC(=O)N1CCN(C2C=CC=C3NC=CC32)C1. The molecule has 0 aromatic heterocycles. The van der Waals surface area contributed by atoms with Crippen LogP contribution in [0.4, 0.5) is 4.79 Å². The molecule has 21 heavy (non-hydrogen) atoms. The lowest BCUT2D eigenvalue weighted by atomic mass is 9.92. The molecule has 0 bridgehead atoms. The monoisotopic (exact) mass is 289 g/mol. The summed E-state index contributed by atoms with van der Waals surface area (Å²) >= 11 is 0. The van der Waals surface area contributed by atoms with E-state index in [9.17, 15) is 4.79 Å². The number of hydrogen-bond donors (Lipinski definition) is 1. The summed E-state index contributed by atoms with van der Waals surface area (Å²) in [5.74, 6) is 0.369. The molecule has 1 N–H and O–H groups in total. The van der Waals surface area contributed by atoms with Crippen molar-refractivity contribution < 1.29 is 9.53 Å². The lowest BCUT2D eigenvalue weighted by Crippen LogP contribution is -2.42. The van der Waals surface area contributed by atoms with Crippen LogP contribution < -0.4 is 5.32 Å². The third-order valence-electron chi connectivity index (χ3n) is 3.95. The Hall–Kier alpha value is -1.75. The lowest BCUT2D eigenvalue weighted by Gasteiger charge is -2.32. The fraction of sp³-hybridized carbons (Fsp3) is 0.562. The predicted octanol–water partition coefficient (Wildman–Crippen LogP) is 2.05. The van der Waals surface area contributed by atoms with Crippen molar-refractivity contribution in [2.45, 2.75) is 32.4 Å². The van der Waals surface area contributed by atoms with Gasteiger partial charge in [0, 0.05) is 30.7 Å². The van der Waals surface area contributed by atoms with Crippen LogP contribution in [0.25, 0.3) is 0 Å². The summed E-state index contributed by atoms with van der Waals surface area (Å²) in [4.78, 5) is 16.2. The van der Waals surface area contributed by atoms with Gasteiger partial charge in [-0.3, -0.25) is 9.80 Å². The molecule has 1 fully saturated rings. The van der Waals surface area contributed by atoms with Gasteiger partial charge in [0.25, 0.3) is 0 Å². The van der Waals surface area contributed by atoms with E-state index < -0.39 is 5.60 Å². The molecule has 1 saturated heterocycles. The van der Waals surface area contributed by atoms with Gasteiger partial charge < -0.3 is 10.1 Å². The molecule has 3 rings (SSSR count). The summed E-state index contributed by atoms with van der Waals surface area (Å²) < 4.78 is 5.45. The third kappa shape index (κ3) is 2.97. The summed E-state index contributed by atoms with van der Waals surface area (Å²) in [5, 5.41) is 3.27. The number of carbonyl (C=O) groups excluding carboxylic acids is 1. The fourth-order valence-corrected chi connectivity index (χ4v) is 2.98. The Labute approximate surface area is 125 Å². The maximum Gasteiger partial charge on any atom is 0.411 e. The van der Waals surface area contributed by atoms with Crippen molar-refractivity contribution in [2.75, 3.05) is 19.8 Å². The standard InChI is InChI=1S/C16H23N3O2/c1-16(2,3)21-15(20)19-10-9-18(11-19)14-6-4-5-13-12(14)7-8-17-13/h4-8,12,14,17H,9-11H2,1-3H3. The summed E-state index contributed by atoms with van der Waals surface area (Å²) in [5.41, 5.74) is 0.793. The van der Waals surface area contributed by atoms with Crippen molar-refractivity contribution in [1.82, 2.24) is 15.1 Å². The highest BCUT2D eigenvalue weighted by Crippen LogP contribution is 2.29. The molecule has 2 aliphatic heterocycles. The van der Waals surface area contributed by atoms with Gasteiger partial charge in [0.1, 0.15) is 5.60 Å². The van der Waals surface area contributed by atoms with Crippen LogP contribution in [0.1, 0.15) is 20.8 Å². The van der Waals surface area contributed by atoms with Crippen LogP contribution in [0.2, 0.25) is 0 Å². The zero-order chi connectivity index (χ0) is 15.0. The highest BCUT2D eigenvalue weighted by Gasteiger charge is 2.36. The molecule has 0 spiro atoms. The molecule has 0 saturated carbocycles. The van der Waals surface area contributed by atoms with E-state index in [2.05, 4.69) is 34.5 Å². The number of ether oxygens (including phenoxy) is 1. The zero-order valence-corrected chi connectivity index (χ0v) is 12.9. The zero-order valence-electron chi connectivity index (χ0n) is 12.9. The molecule has 114 valence electrons. The van der Waals surface area contributed by atoms with Crippen LogP contribution >= 0.6 is 0 Å². The fourth-order valence-electron chi connectivity index (χ4n) is 2.98. The number of amides is 1. The highest BCUT2D eigenvalue weighted by molar-refractivity contribution is 5.68. The molecule has 5 nitrogen and oxygen atoms in total. The van der Waals surface area contributed by atoms with Gasteiger partial charge >= 0.3 is 6.09 Å². The Kier molecular flexibility index (Phi) is 3.53. The third-order valence-corrected chi connectivity index (χ3v) is 3.95. The summed E-state index contributed by atoms with van der Waals surface area (Å²) in [7, 11) is 0. The first-order valence-electron chi connectivity index (χ1n) is 7.48. The van der Waals surface area contributed by atoms with Gasteiger partial charge in [0.05, 0.1) is 6.67 Å². The number of fused-ring (bicyclic) bond motifs is 1. The molecule has 2 atom stereocenters. The van der Waals surface area contributed by atoms with E-state index in [0.29, 0.717) is 18.6 Å². The Bertz CT molecular complexity index is 516. The first kappa shape index (κ1) is 14.2. The Morgan fingerprint density at radius 1 is 1.33 bits per heavy atom. The van der Waals surface area contributed by atoms with Gasteiger partial charge in [-0.15, -0.1) is 0 Å². The minimum atomic E-state index is -0.441. The topological polar surface area (TPSA) is 44.8 Å². The van der Waals surface area contributed by atoms with Crippen LogP contribution in [0.5, 0.6) is 0 Å². The molecular weight excluding hydrogens is 266 g/mol. The lowest BCUT2D eigenvalue weighted by molar-refractivity contribution is 0.0255. The van der Waals surface area contributed by atoms with Crippen molar-refractivity contribution in [3.05, 3.63) is 36.2 Å². The van der Waals surface area contributed by atoms with Gasteiger partial charge in [-0.25, -0.2) is 4.79 Å². The molecule has 3 aliphatic rings. The second kappa shape index (κ2) is 5.22. The number of nitrogens with zero attached hydrogens (tertiary/aromatic N) is 2. The molecule has 1 aliphatic carbocycles. The quantitative estimate of drug-likeness (QED) is 0.802. The molecule has 5 heteroatoms. The molecule has 0 aromatic rings. The number of hydrogen-bond acceptors (Lipinski definition) is 4. The van der Waals surface area contributed by atoms with Gasteiger partial charge in [0.15, 0.2) is 0 Å². The second-order valence-electron chi connectivity index (χ2n) is 6.72. The molecule has 0 radical (unpaired) electrons. The molecular formula is C16H23N3O2. The van der Waals surface area contributed by atoms with Crippen molar-refractivity contribution in [3.63, 3.8) is 0 Å². The summed E-state index contributed by atoms with van der Waals surface area (Å²) in [6.45, 7) is 7.92. The van der Waals surface area contributed by atoms with Crippen LogP contribution in [0.3, 0.4) is 0 Å². The van der Waals surface area contributed by atoms with E-state index in [1.54, 1.807) is 4.90 Å². The van der Waals surface area contributed by atoms with Crippen LogP contribution in [0, 0.1) is 5.92 Å². The number of carbonyl (C=O) groups is 1. The minimum absolute atomic E-state index is 0.222. The van der Waals surface area contributed by atoms with E-state index >= 15 is 0 Å². The Balaban J connectivity index is 1.62. The summed E-state index contributed by atoms with van der Waals surface area (Å²) in [6.07, 6.45) is 10.4. The van der Waals surface area contributed by atoms with E-state index in [0.717, 1.165) is 13.1 Å². The molecule has 0 aromatic carbocycles. The van der Waals surface area contributed by atoms with Crippen molar-refractivity contribution >= 4 is 6.09 Å². The number of allylic oxidation sites excluding steroid dienone is 2. The molecule has 2 unspecified atom stereocenters. The van der Waals surface area contributed by atoms with E-state index in [-0.39, 0.29) is 6.09 Å². The average Bonchev–Trinajstić information content (AvgIpc) is 3.05. The maximum atomic E-state index is 12.1. The van der Waals surface area contributed by atoms with Crippen molar-refractivity contribution in [2.24, 2.45) is 5.92 Å². The first-order chi connectivity index (χ1) is 9.94. The largest absolute Gasteiger partial charge is 0.444 e. The minimum Gasteiger partial charge on any atom is -0.444 e. The van der Waals surface area contributed by atoms with Crippen LogP contribution in [-0.2, 0) is 4.74 Å². The molecule has 2 heterocycles. The van der Waals surface area contributed by atoms with Gasteiger partial charge in [-0.1, -0.05) is 18.2 Å². The Morgan fingerprint density at radius 3 is 2.90 bits per heavy atom. The Morgan fingerprint density at radius 2 is 2.14 bits per heavy atom. The van der Waals surface area contributed by atoms with Crippen LogP contribution in [-0.4, -0.2) is 47.3 Å². The van der Waals surface area contributed by atoms with E-state index in [1.165, 1.54) is 5.70 Å². The van der Waals surface area contributed by atoms with Crippen LogP contribution in [0.15, 0.2) is 36.2 Å².